The Kier molecular flexibility index (Phi) is 5.54. The molecule has 6 nitrogen and oxygen atoms in total. The van der Waals surface area contributed by atoms with E-state index < -0.39 is 0 Å². The van der Waals surface area contributed by atoms with Crippen molar-refractivity contribution in [2.24, 2.45) is 0 Å². The number of aryl methyl sites for hydroxylation is 1. The molecule has 136 valence electrons. The molecule has 0 aliphatic carbocycles. The topological polar surface area (TPSA) is 64.2 Å². The number of carbonyl (C=O) groups is 1. The minimum atomic E-state index is -0.204. The summed E-state index contributed by atoms with van der Waals surface area (Å²) >= 11 is 6.55. The molecule has 2 aromatic heterocycles. The number of fused-ring (bicyclic) bond motifs is 1. The first-order valence-corrected chi connectivity index (χ1v) is 9.03. The third-order valence-corrected chi connectivity index (χ3v) is 4.59. The summed E-state index contributed by atoms with van der Waals surface area (Å²) < 4.78 is 1.75. The Balaban J connectivity index is 1.89. The SMILES string of the molecule is Cc1nn(-c2ccccc2)c2ncc(C(=O)NCCC[NH+](C)C)c(Cl)c12. The van der Waals surface area contributed by atoms with Gasteiger partial charge in [-0.1, -0.05) is 29.8 Å². The highest BCUT2D eigenvalue weighted by Crippen LogP contribution is 2.29. The molecule has 0 aliphatic heterocycles. The van der Waals surface area contributed by atoms with E-state index in [1.54, 1.807) is 4.68 Å². The second kappa shape index (κ2) is 7.85. The van der Waals surface area contributed by atoms with Crippen LogP contribution in [0.15, 0.2) is 36.5 Å². The van der Waals surface area contributed by atoms with Gasteiger partial charge in [-0.15, -0.1) is 0 Å². The van der Waals surface area contributed by atoms with Gasteiger partial charge >= 0.3 is 0 Å². The Morgan fingerprint density at radius 2 is 2.00 bits per heavy atom. The van der Waals surface area contributed by atoms with Crippen molar-refractivity contribution in [2.75, 3.05) is 27.2 Å². The summed E-state index contributed by atoms with van der Waals surface area (Å²) in [5.74, 6) is -0.204. The standard InChI is InChI=1S/C19H22ClN5O/c1-13-16-17(20)15(19(26)21-10-7-11-24(2)3)12-22-18(16)25(23-13)14-8-5-4-6-9-14/h4-6,8-9,12H,7,10-11H2,1-3H3,(H,21,26)/p+1. The van der Waals surface area contributed by atoms with Crippen LogP contribution in [-0.2, 0) is 0 Å². The highest BCUT2D eigenvalue weighted by Gasteiger charge is 2.19. The molecule has 2 N–H and O–H groups in total. The second-order valence-corrected chi connectivity index (χ2v) is 6.96. The van der Waals surface area contributed by atoms with Gasteiger partial charge in [0.1, 0.15) is 0 Å². The molecular weight excluding hydrogens is 350 g/mol. The molecule has 2 heterocycles. The van der Waals surface area contributed by atoms with Gasteiger partial charge in [-0.2, -0.15) is 5.10 Å². The maximum absolute atomic E-state index is 12.5. The number of aromatic nitrogens is 3. The van der Waals surface area contributed by atoms with E-state index in [0.717, 1.165) is 24.3 Å². The fourth-order valence-corrected chi connectivity index (χ4v) is 3.21. The van der Waals surface area contributed by atoms with Crippen LogP contribution in [0.1, 0.15) is 22.5 Å². The van der Waals surface area contributed by atoms with E-state index >= 15 is 0 Å². The summed E-state index contributed by atoms with van der Waals surface area (Å²) in [6.45, 7) is 3.48. The summed E-state index contributed by atoms with van der Waals surface area (Å²) in [4.78, 5) is 18.3. The number of halogens is 1. The third-order valence-electron chi connectivity index (χ3n) is 4.19. The Hall–Kier alpha value is -2.44. The summed E-state index contributed by atoms with van der Waals surface area (Å²) in [7, 11) is 4.17. The molecule has 7 heteroatoms. The van der Waals surface area contributed by atoms with E-state index in [2.05, 4.69) is 29.5 Å². The predicted octanol–water partition coefficient (Wildman–Crippen LogP) is 1.65. The lowest BCUT2D eigenvalue weighted by atomic mass is 10.2. The van der Waals surface area contributed by atoms with Crippen LogP contribution in [0.2, 0.25) is 5.02 Å². The van der Waals surface area contributed by atoms with Crippen molar-refractivity contribution in [1.82, 2.24) is 20.1 Å². The van der Waals surface area contributed by atoms with Gasteiger partial charge in [0, 0.05) is 19.2 Å². The van der Waals surface area contributed by atoms with Gasteiger partial charge in [0.05, 0.1) is 48.0 Å². The van der Waals surface area contributed by atoms with Gasteiger partial charge in [0.2, 0.25) is 0 Å². The molecule has 0 aliphatic rings. The first-order chi connectivity index (χ1) is 12.5. The lowest BCUT2D eigenvalue weighted by Crippen LogP contribution is -3.05. The smallest absolute Gasteiger partial charge is 0.254 e. The molecule has 0 bridgehead atoms. The van der Waals surface area contributed by atoms with Gasteiger partial charge < -0.3 is 10.2 Å². The highest BCUT2D eigenvalue weighted by atomic mass is 35.5. The van der Waals surface area contributed by atoms with E-state index in [0.29, 0.717) is 28.2 Å². The Morgan fingerprint density at radius 1 is 1.27 bits per heavy atom. The third kappa shape index (κ3) is 3.71. The molecule has 3 rings (SSSR count). The van der Waals surface area contributed by atoms with Gasteiger partial charge in [-0.3, -0.25) is 4.79 Å². The van der Waals surface area contributed by atoms with Crippen molar-refractivity contribution >= 4 is 28.5 Å². The Morgan fingerprint density at radius 3 is 2.69 bits per heavy atom. The molecule has 1 aromatic carbocycles. The number of carbonyl (C=O) groups excluding carboxylic acids is 1. The number of nitrogens with one attached hydrogen (secondary N) is 2. The zero-order valence-corrected chi connectivity index (χ0v) is 16.0. The highest BCUT2D eigenvalue weighted by molar-refractivity contribution is 6.38. The number of rotatable bonds is 6. The fraction of sp³-hybridized carbons (Fsp3) is 0.316. The van der Waals surface area contributed by atoms with Crippen molar-refractivity contribution in [3.8, 4) is 5.69 Å². The van der Waals surface area contributed by atoms with E-state index in [1.807, 2.05) is 37.3 Å². The minimum absolute atomic E-state index is 0.204. The predicted molar refractivity (Wildman–Crippen MR) is 103 cm³/mol. The molecular formula is C19H23ClN5O+. The summed E-state index contributed by atoms with van der Waals surface area (Å²) in [5, 5.41) is 8.57. The van der Waals surface area contributed by atoms with Crippen molar-refractivity contribution in [3.63, 3.8) is 0 Å². The number of para-hydroxylation sites is 1. The molecule has 3 aromatic rings. The van der Waals surface area contributed by atoms with Crippen molar-refractivity contribution < 1.29 is 9.69 Å². The first kappa shape index (κ1) is 18.4. The quantitative estimate of drug-likeness (QED) is 0.647. The van der Waals surface area contributed by atoms with Crippen LogP contribution in [0.25, 0.3) is 16.7 Å². The van der Waals surface area contributed by atoms with Gasteiger partial charge in [0.15, 0.2) is 5.65 Å². The number of hydrogen-bond acceptors (Lipinski definition) is 3. The van der Waals surface area contributed by atoms with Gasteiger partial charge in [0.25, 0.3) is 5.91 Å². The van der Waals surface area contributed by atoms with Crippen LogP contribution in [-0.4, -0.2) is 47.9 Å². The maximum atomic E-state index is 12.5. The Bertz CT molecular complexity index is 921. The van der Waals surface area contributed by atoms with Crippen LogP contribution in [0.4, 0.5) is 0 Å². The Labute approximate surface area is 157 Å². The van der Waals surface area contributed by atoms with Crippen molar-refractivity contribution in [2.45, 2.75) is 13.3 Å². The average Bonchev–Trinajstić information content (AvgIpc) is 2.97. The number of amides is 1. The summed E-state index contributed by atoms with van der Waals surface area (Å²) in [6, 6.07) is 9.74. The number of quaternary nitrogens is 1. The normalized spacial score (nSPS) is 11.3. The molecule has 0 fully saturated rings. The van der Waals surface area contributed by atoms with Crippen molar-refractivity contribution in [3.05, 3.63) is 52.8 Å². The minimum Gasteiger partial charge on any atom is -0.352 e. The number of hydrogen-bond donors (Lipinski definition) is 2. The molecule has 0 saturated heterocycles. The zero-order valence-electron chi connectivity index (χ0n) is 15.2. The largest absolute Gasteiger partial charge is 0.352 e. The first-order valence-electron chi connectivity index (χ1n) is 8.65. The molecule has 1 amide bonds. The molecule has 0 atom stereocenters. The molecule has 0 radical (unpaired) electrons. The zero-order chi connectivity index (χ0) is 18.7. The average molecular weight is 373 g/mol. The molecule has 26 heavy (non-hydrogen) atoms. The van der Waals surface area contributed by atoms with Crippen LogP contribution in [0.3, 0.4) is 0 Å². The van der Waals surface area contributed by atoms with E-state index in [4.69, 9.17) is 11.6 Å². The monoisotopic (exact) mass is 372 g/mol. The van der Waals surface area contributed by atoms with Crippen LogP contribution >= 0.6 is 11.6 Å². The summed E-state index contributed by atoms with van der Waals surface area (Å²) in [6.07, 6.45) is 2.43. The van der Waals surface area contributed by atoms with Crippen molar-refractivity contribution in [1.29, 1.82) is 0 Å². The molecule has 0 saturated carbocycles. The number of nitrogens with zero attached hydrogens (tertiary/aromatic N) is 3. The van der Waals surface area contributed by atoms with Crippen LogP contribution < -0.4 is 10.2 Å². The second-order valence-electron chi connectivity index (χ2n) is 6.58. The molecule has 0 unspecified atom stereocenters. The number of pyridine rings is 1. The number of benzene rings is 1. The fourth-order valence-electron chi connectivity index (χ4n) is 2.85. The van der Waals surface area contributed by atoms with Crippen LogP contribution in [0, 0.1) is 6.92 Å². The lowest BCUT2D eigenvalue weighted by Gasteiger charge is -2.09. The maximum Gasteiger partial charge on any atom is 0.254 e. The van der Waals surface area contributed by atoms with Gasteiger partial charge in [-0.05, 0) is 19.1 Å². The van der Waals surface area contributed by atoms with Gasteiger partial charge in [-0.25, -0.2) is 9.67 Å². The van der Waals surface area contributed by atoms with Crippen LogP contribution in [0.5, 0.6) is 0 Å². The van der Waals surface area contributed by atoms with E-state index in [1.165, 1.54) is 11.1 Å². The van der Waals surface area contributed by atoms with E-state index in [9.17, 15) is 4.79 Å². The lowest BCUT2D eigenvalue weighted by molar-refractivity contribution is -0.858. The molecule has 0 spiro atoms. The van der Waals surface area contributed by atoms with E-state index in [-0.39, 0.29) is 5.91 Å². The summed E-state index contributed by atoms with van der Waals surface area (Å²) in [5.41, 5.74) is 2.67.